The molecule has 0 N–H and O–H groups in total. The summed E-state index contributed by atoms with van der Waals surface area (Å²) < 4.78 is 5.28. The van der Waals surface area contributed by atoms with Crippen LogP contribution in [-0.4, -0.2) is 12.7 Å². The summed E-state index contributed by atoms with van der Waals surface area (Å²) in [7, 11) is 0. The number of ether oxygens (including phenoxy) is 1. The molecule has 1 nitrogen and oxygen atoms in total. The molecule has 0 aromatic rings. The monoisotopic (exact) mass is 168 g/mol. The van der Waals surface area contributed by atoms with Crippen molar-refractivity contribution in [2.75, 3.05) is 6.61 Å². The molecule has 70 valence electrons. The molecular weight excluding hydrogens is 148 g/mol. The van der Waals surface area contributed by atoms with E-state index in [0.29, 0.717) is 11.5 Å². The van der Waals surface area contributed by atoms with E-state index in [4.69, 9.17) is 4.74 Å². The van der Waals surface area contributed by atoms with Gasteiger partial charge in [0.15, 0.2) is 0 Å². The van der Waals surface area contributed by atoms with Crippen LogP contribution in [0.15, 0.2) is 12.7 Å². The van der Waals surface area contributed by atoms with Crippen LogP contribution in [0.3, 0.4) is 0 Å². The van der Waals surface area contributed by atoms with E-state index in [9.17, 15) is 0 Å². The van der Waals surface area contributed by atoms with Gasteiger partial charge in [-0.25, -0.2) is 0 Å². The standard InChI is InChI=1S/C11H20O/c1-4-7-11(5-2,6-3)8-10-9-12-10/h4,10H,1,5-9H2,2-3H3. The van der Waals surface area contributed by atoms with E-state index in [-0.39, 0.29) is 0 Å². The Hall–Kier alpha value is -0.300. The maximum absolute atomic E-state index is 5.28. The number of allylic oxidation sites excluding steroid dienone is 1. The molecule has 1 fully saturated rings. The van der Waals surface area contributed by atoms with Crippen molar-refractivity contribution in [1.29, 1.82) is 0 Å². The van der Waals surface area contributed by atoms with Crippen LogP contribution in [0.2, 0.25) is 0 Å². The molecule has 1 aliphatic heterocycles. The molecule has 1 unspecified atom stereocenters. The zero-order valence-electron chi connectivity index (χ0n) is 8.31. The van der Waals surface area contributed by atoms with E-state index in [1.54, 1.807) is 0 Å². The average molecular weight is 168 g/mol. The predicted octanol–water partition coefficient (Wildman–Crippen LogP) is 3.16. The summed E-state index contributed by atoms with van der Waals surface area (Å²) in [5, 5.41) is 0. The highest BCUT2D eigenvalue weighted by atomic mass is 16.6. The second-order valence-electron chi connectivity index (χ2n) is 3.86. The molecule has 12 heavy (non-hydrogen) atoms. The molecule has 0 saturated carbocycles. The number of hydrogen-bond acceptors (Lipinski definition) is 1. The third-order valence-electron chi connectivity index (χ3n) is 3.14. The Bertz CT molecular complexity index is 143. The molecule has 0 aromatic carbocycles. The summed E-state index contributed by atoms with van der Waals surface area (Å²) in [6.45, 7) is 9.36. The van der Waals surface area contributed by atoms with Crippen molar-refractivity contribution >= 4 is 0 Å². The van der Waals surface area contributed by atoms with Gasteiger partial charge in [0.25, 0.3) is 0 Å². The van der Waals surface area contributed by atoms with E-state index in [1.807, 2.05) is 0 Å². The van der Waals surface area contributed by atoms with Crippen molar-refractivity contribution in [1.82, 2.24) is 0 Å². The number of hydrogen-bond donors (Lipinski definition) is 0. The van der Waals surface area contributed by atoms with E-state index < -0.39 is 0 Å². The van der Waals surface area contributed by atoms with Gasteiger partial charge in [-0.15, -0.1) is 6.58 Å². The molecule has 1 heteroatoms. The molecule has 0 bridgehead atoms. The molecule has 0 amide bonds. The van der Waals surface area contributed by atoms with Gasteiger partial charge in [-0.3, -0.25) is 0 Å². The topological polar surface area (TPSA) is 12.5 Å². The van der Waals surface area contributed by atoms with Crippen LogP contribution < -0.4 is 0 Å². The van der Waals surface area contributed by atoms with Gasteiger partial charge >= 0.3 is 0 Å². The third kappa shape index (κ3) is 2.34. The van der Waals surface area contributed by atoms with Gasteiger partial charge in [-0.05, 0) is 18.3 Å². The molecule has 0 aliphatic carbocycles. The lowest BCUT2D eigenvalue weighted by Crippen LogP contribution is -2.20. The largest absolute Gasteiger partial charge is 0.373 e. The lowest BCUT2D eigenvalue weighted by atomic mass is 9.75. The van der Waals surface area contributed by atoms with Crippen LogP contribution in [0, 0.1) is 5.41 Å². The summed E-state index contributed by atoms with van der Waals surface area (Å²) >= 11 is 0. The first-order valence-electron chi connectivity index (χ1n) is 4.99. The van der Waals surface area contributed by atoms with Crippen LogP contribution in [0.1, 0.15) is 39.5 Å². The Morgan fingerprint density at radius 2 is 2.08 bits per heavy atom. The molecule has 0 spiro atoms. The predicted molar refractivity (Wildman–Crippen MR) is 52.2 cm³/mol. The summed E-state index contributed by atoms with van der Waals surface area (Å²) in [5.74, 6) is 0. The first kappa shape index (κ1) is 9.79. The fraction of sp³-hybridized carbons (Fsp3) is 0.818. The molecule has 1 aliphatic rings. The van der Waals surface area contributed by atoms with E-state index >= 15 is 0 Å². The normalized spacial score (nSPS) is 22.3. The first-order valence-corrected chi connectivity index (χ1v) is 4.99. The summed E-state index contributed by atoms with van der Waals surface area (Å²) in [5.41, 5.74) is 0.475. The van der Waals surface area contributed by atoms with Gasteiger partial charge in [0.1, 0.15) is 0 Å². The van der Waals surface area contributed by atoms with Crippen molar-refractivity contribution < 1.29 is 4.74 Å². The lowest BCUT2D eigenvalue weighted by molar-refractivity contribution is 0.211. The minimum atomic E-state index is 0.475. The van der Waals surface area contributed by atoms with Crippen molar-refractivity contribution in [3.8, 4) is 0 Å². The second-order valence-corrected chi connectivity index (χ2v) is 3.86. The van der Waals surface area contributed by atoms with Crippen LogP contribution in [0.4, 0.5) is 0 Å². The van der Waals surface area contributed by atoms with Gasteiger partial charge in [0, 0.05) is 0 Å². The van der Waals surface area contributed by atoms with Gasteiger partial charge in [0.2, 0.25) is 0 Å². The lowest BCUT2D eigenvalue weighted by Gasteiger charge is -2.29. The molecule has 1 heterocycles. The fourth-order valence-corrected chi connectivity index (χ4v) is 1.89. The highest BCUT2D eigenvalue weighted by Crippen LogP contribution is 2.39. The van der Waals surface area contributed by atoms with E-state index in [1.165, 1.54) is 19.3 Å². The van der Waals surface area contributed by atoms with Crippen molar-refractivity contribution in [2.45, 2.75) is 45.6 Å². The Balaban J connectivity index is 2.46. The first-order chi connectivity index (χ1) is 5.76. The second kappa shape index (κ2) is 4.08. The van der Waals surface area contributed by atoms with Gasteiger partial charge in [0.05, 0.1) is 12.7 Å². The maximum atomic E-state index is 5.28. The van der Waals surface area contributed by atoms with E-state index in [2.05, 4.69) is 26.5 Å². The van der Waals surface area contributed by atoms with Gasteiger partial charge in [-0.1, -0.05) is 32.8 Å². The average Bonchev–Trinajstić information content (AvgIpc) is 2.87. The Morgan fingerprint density at radius 3 is 2.42 bits per heavy atom. The molecule has 1 saturated heterocycles. The molecular formula is C11H20O. The molecule has 0 aromatic heterocycles. The van der Waals surface area contributed by atoms with E-state index in [0.717, 1.165) is 13.0 Å². The number of rotatable bonds is 6. The van der Waals surface area contributed by atoms with Gasteiger partial charge in [-0.2, -0.15) is 0 Å². The van der Waals surface area contributed by atoms with Crippen LogP contribution >= 0.6 is 0 Å². The fourth-order valence-electron chi connectivity index (χ4n) is 1.89. The Morgan fingerprint density at radius 1 is 1.50 bits per heavy atom. The van der Waals surface area contributed by atoms with Crippen LogP contribution in [0.25, 0.3) is 0 Å². The Labute approximate surface area is 75.8 Å². The Kier molecular flexibility index (Phi) is 3.33. The minimum absolute atomic E-state index is 0.475. The van der Waals surface area contributed by atoms with Crippen LogP contribution in [0.5, 0.6) is 0 Å². The van der Waals surface area contributed by atoms with Crippen LogP contribution in [-0.2, 0) is 4.74 Å². The quantitative estimate of drug-likeness (QED) is 0.438. The molecule has 0 radical (unpaired) electrons. The highest BCUT2D eigenvalue weighted by Gasteiger charge is 2.34. The van der Waals surface area contributed by atoms with Crippen molar-refractivity contribution in [2.24, 2.45) is 5.41 Å². The third-order valence-corrected chi connectivity index (χ3v) is 3.14. The van der Waals surface area contributed by atoms with Crippen molar-refractivity contribution in [3.05, 3.63) is 12.7 Å². The smallest absolute Gasteiger partial charge is 0.0815 e. The molecule has 1 atom stereocenters. The number of epoxide rings is 1. The summed E-state index contributed by atoms with van der Waals surface area (Å²) in [6.07, 6.45) is 7.47. The molecule has 1 rings (SSSR count). The SMILES string of the molecule is C=CCC(CC)(CC)CC1CO1. The highest BCUT2D eigenvalue weighted by molar-refractivity contribution is 4.89. The zero-order chi connectivity index (χ0) is 9.03. The minimum Gasteiger partial charge on any atom is -0.373 e. The van der Waals surface area contributed by atoms with Gasteiger partial charge < -0.3 is 4.74 Å². The van der Waals surface area contributed by atoms with Crippen molar-refractivity contribution in [3.63, 3.8) is 0 Å². The maximum Gasteiger partial charge on any atom is 0.0815 e. The summed E-state index contributed by atoms with van der Waals surface area (Å²) in [4.78, 5) is 0. The zero-order valence-corrected chi connectivity index (χ0v) is 8.31. The summed E-state index contributed by atoms with van der Waals surface area (Å²) in [6, 6.07) is 0.